The number of ether oxygens (including phenoxy) is 1. The zero-order chi connectivity index (χ0) is 22.3. The van der Waals surface area contributed by atoms with E-state index in [9.17, 15) is 18.0 Å². The second-order valence-corrected chi connectivity index (χ2v) is 5.63. The molecule has 8 nitrogen and oxygen atoms in total. The van der Waals surface area contributed by atoms with Crippen LogP contribution in [0.5, 0.6) is 0 Å². The average Bonchev–Trinajstić information content (AvgIpc) is 3.06. The molecule has 0 radical (unpaired) electrons. The second kappa shape index (κ2) is 7.46. The van der Waals surface area contributed by atoms with E-state index in [1.165, 1.54) is 17.7 Å². The van der Waals surface area contributed by atoms with Crippen molar-refractivity contribution in [3.63, 3.8) is 0 Å². The van der Waals surface area contributed by atoms with Crippen molar-refractivity contribution in [2.75, 3.05) is 18.5 Å². The van der Waals surface area contributed by atoms with E-state index in [1.54, 1.807) is 5.10 Å². The number of fused-ring (bicyclic) bond motifs is 1. The highest BCUT2D eigenvalue weighted by atomic mass is 19.4. The Hall–Kier alpha value is -2.40. The lowest BCUT2D eigenvalue weighted by atomic mass is 10.2. The molecule has 1 atom stereocenters. The van der Waals surface area contributed by atoms with E-state index in [1.807, 2.05) is 0 Å². The molecule has 2 aromatic rings. The molecule has 3 heterocycles. The number of alkyl halides is 3. The first kappa shape index (κ1) is 13.8. The third-order valence-electron chi connectivity index (χ3n) is 3.50. The van der Waals surface area contributed by atoms with Gasteiger partial charge in [0.15, 0.2) is 0 Å². The van der Waals surface area contributed by atoms with Crippen LogP contribution in [-0.2, 0) is 30.5 Å². The maximum atomic E-state index is 13.1. The van der Waals surface area contributed by atoms with Crippen molar-refractivity contribution < 1.29 is 23.4 Å². The summed E-state index contributed by atoms with van der Waals surface area (Å²) in [4.78, 5) is 11.5. The summed E-state index contributed by atoms with van der Waals surface area (Å²) in [5, 5.41) is 14.2. The lowest BCUT2D eigenvalue weighted by Gasteiger charge is -2.18. The van der Waals surface area contributed by atoms with Crippen LogP contribution in [0.2, 0.25) is 0 Å². The van der Waals surface area contributed by atoms with Gasteiger partial charge in [-0.3, -0.25) is 9.48 Å². The summed E-state index contributed by atoms with van der Waals surface area (Å²) in [5.74, 6) is 0. The molecule has 26 heavy (non-hydrogen) atoms. The first-order valence-electron chi connectivity index (χ1n) is 9.70. The number of hydrogen-bond donors (Lipinski definition) is 3. The number of halogens is 3. The number of aromatic nitrogens is 4. The summed E-state index contributed by atoms with van der Waals surface area (Å²) in [7, 11) is 0. The number of anilines is 1. The first-order chi connectivity index (χ1) is 13.8. The van der Waals surface area contributed by atoms with Crippen LogP contribution in [0.1, 0.15) is 29.4 Å². The van der Waals surface area contributed by atoms with Crippen LogP contribution in [0.3, 0.4) is 0 Å². The highest BCUT2D eigenvalue weighted by Crippen LogP contribution is 2.31. The second-order valence-electron chi connectivity index (χ2n) is 5.63. The fourth-order valence-corrected chi connectivity index (χ4v) is 2.39. The Balaban J connectivity index is 1.71. The highest BCUT2D eigenvalue weighted by Gasteiger charge is 2.37. The Morgan fingerprint density at radius 3 is 3.12 bits per heavy atom. The molecule has 0 saturated heterocycles. The van der Waals surface area contributed by atoms with Gasteiger partial charge in [0, 0.05) is 21.8 Å². The quantitative estimate of drug-likeness (QED) is 0.699. The van der Waals surface area contributed by atoms with Crippen molar-refractivity contribution >= 4 is 5.69 Å². The smallest absolute Gasteiger partial charge is 0.378 e. The molecule has 1 aliphatic heterocycles. The van der Waals surface area contributed by atoms with Crippen molar-refractivity contribution in [1.82, 2.24) is 25.3 Å². The Kier molecular flexibility index (Phi) is 3.95. The lowest BCUT2D eigenvalue weighted by molar-refractivity contribution is -0.138. The van der Waals surface area contributed by atoms with E-state index >= 15 is 0 Å². The Morgan fingerprint density at radius 2 is 2.38 bits per heavy atom. The van der Waals surface area contributed by atoms with E-state index in [0.29, 0.717) is 13.1 Å². The molecule has 0 bridgehead atoms. The van der Waals surface area contributed by atoms with Crippen molar-refractivity contribution in [2.45, 2.75) is 38.7 Å². The van der Waals surface area contributed by atoms with Crippen molar-refractivity contribution in [2.24, 2.45) is 0 Å². The molecule has 3 rings (SSSR count). The summed E-state index contributed by atoms with van der Waals surface area (Å²) < 4.78 is 77.8. The van der Waals surface area contributed by atoms with Crippen LogP contribution in [0, 0.1) is 0 Å². The lowest BCUT2D eigenvalue weighted by Crippen LogP contribution is -2.29. The number of aromatic amines is 1. The summed E-state index contributed by atoms with van der Waals surface area (Å²) >= 11 is 0. The molecular formula is C15H19F3N6O2. The summed E-state index contributed by atoms with van der Waals surface area (Å²) in [5.41, 5.74) is -3.41. The van der Waals surface area contributed by atoms with Gasteiger partial charge in [0.1, 0.15) is 5.56 Å². The van der Waals surface area contributed by atoms with Gasteiger partial charge in [-0.05, 0) is 13.0 Å². The number of rotatable bonds is 6. The molecule has 3 N–H and O–H groups in total. The van der Waals surface area contributed by atoms with Gasteiger partial charge in [-0.15, -0.1) is 0 Å². The van der Waals surface area contributed by atoms with Gasteiger partial charge in [0.2, 0.25) is 0 Å². The molecule has 0 amide bonds. The molecule has 11 heteroatoms. The van der Waals surface area contributed by atoms with Crippen LogP contribution in [0.15, 0.2) is 17.1 Å². The van der Waals surface area contributed by atoms with E-state index in [2.05, 4.69) is 20.8 Å². The monoisotopic (exact) mass is 376 g/mol. The predicted molar refractivity (Wildman–Crippen MR) is 86.5 cm³/mol. The van der Waals surface area contributed by atoms with Gasteiger partial charge in [0.05, 0.1) is 45.7 Å². The number of H-pyrrole nitrogens is 1. The molecule has 0 fully saturated rings. The summed E-state index contributed by atoms with van der Waals surface area (Å²) in [6, 6.07) is 0.419. The molecule has 142 valence electrons. The number of nitrogens with zero attached hydrogens (tertiary/aromatic N) is 3. The zero-order valence-corrected chi connectivity index (χ0v) is 13.6. The predicted octanol–water partition coefficient (Wildman–Crippen LogP) is 1.11. The number of hydrogen-bond acceptors (Lipinski definition) is 6. The molecular weight excluding hydrogens is 353 g/mol. The minimum absolute atomic E-state index is 0.145. The minimum Gasteiger partial charge on any atom is -0.378 e. The normalized spacial score (nSPS) is 20.3. The topological polar surface area (TPSA) is 96.9 Å². The van der Waals surface area contributed by atoms with E-state index in [-0.39, 0.29) is 18.0 Å². The van der Waals surface area contributed by atoms with Crippen LogP contribution in [0.4, 0.5) is 18.9 Å². The largest absolute Gasteiger partial charge is 0.423 e. The van der Waals surface area contributed by atoms with E-state index in [4.69, 9.17) is 10.2 Å². The average molecular weight is 376 g/mol. The standard InChI is InChI=1S/C15H19F3N6O2/c1-9(21-12-6-20-22-14(25)13(12)15(16,17)18)7-26-8-10-4-11-5-19-2-3-24(11)23-10/h4,6,9,19H,2-3,5,7-8H2,1H3,(H2,21,22,25)/t9-/m0/s1/i5D2,8D2. The van der Waals surface area contributed by atoms with Crippen LogP contribution < -0.4 is 16.2 Å². The van der Waals surface area contributed by atoms with Crippen LogP contribution in [-0.4, -0.2) is 39.2 Å². The molecule has 0 saturated carbocycles. The third kappa shape index (κ3) is 4.22. The highest BCUT2D eigenvalue weighted by molar-refractivity contribution is 5.50. The van der Waals surface area contributed by atoms with Crippen LogP contribution >= 0.6 is 0 Å². The number of nitrogens with one attached hydrogen (secondary N) is 3. The van der Waals surface area contributed by atoms with Gasteiger partial charge in [0.25, 0.3) is 5.56 Å². The minimum atomic E-state index is -4.91. The SMILES string of the molecule is [2H]C1([2H])NCCn2nc(C([2H])([2H])OC[C@H](C)Nc3cn[nH]c(=O)c3C(F)(F)F)cc21. The van der Waals surface area contributed by atoms with Crippen molar-refractivity contribution in [3.05, 3.63) is 39.6 Å². The fraction of sp³-hybridized carbons (Fsp3) is 0.533. The summed E-state index contributed by atoms with van der Waals surface area (Å²) in [6.45, 7) is -2.57. The molecule has 1 aliphatic rings. The van der Waals surface area contributed by atoms with Gasteiger partial charge < -0.3 is 15.4 Å². The maximum Gasteiger partial charge on any atom is 0.423 e. The van der Waals surface area contributed by atoms with Gasteiger partial charge in [-0.25, -0.2) is 5.10 Å². The molecule has 2 aromatic heterocycles. The van der Waals surface area contributed by atoms with Crippen molar-refractivity contribution in [1.29, 1.82) is 0 Å². The Labute approximate surface area is 152 Å². The van der Waals surface area contributed by atoms with Crippen molar-refractivity contribution in [3.8, 4) is 0 Å². The Morgan fingerprint density at radius 1 is 1.58 bits per heavy atom. The molecule has 0 unspecified atom stereocenters. The zero-order valence-electron chi connectivity index (χ0n) is 17.6. The van der Waals surface area contributed by atoms with Crippen LogP contribution in [0.25, 0.3) is 0 Å². The Bertz CT molecular complexity index is 978. The maximum absolute atomic E-state index is 13.1. The van der Waals surface area contributed by atoms with E-state index in [0.717, 1.165) is 6.20 Å². The fourth-order valence-electron chi connectivity index (χ4n) is 2.39. The van der Waals surface area contributed by atoms with Gasteiger partial charge in [-0.2, -0.15) is 23.4 Å². The summed E-state index contributed by atoms with van der Waals surface area (Å²) in [6.07, 6.45) is -4.09. The van der Waals surface area contributed by atoms with Gasteiger partial charge in [-0.1, -0.05) is 0 Å². The van der Waals surface area contributed by atoms with E-state index < -0.39 is 42.1 Å². The molecule has 0 aromatic carbocycles. The first-order valence-corrected chi connectivity index (χ1v) is 7.70. The molecule has 0 spiro atoms. The molecule has 0 aliphatic carbocycles. The van der Waals surface area contributed by atoms with Gasteiger partial charge >= 0.3 is 6.18 Å². The third-order valence-corrected chi connectivity index (χ3v) is 3.50.